The van der Waals surface area contributed by atoms with Crippen molar-refractivity contribution in [1.29, 1.82) is 5.26 Å². The average Bonchev–Trinajstić information content (AvgIpc) is 3.03. The smallest absolute Gasteiger partial charge is 0.340 e. The van der Waals surface area contributed by atoms with Crippen LogP contribution in [0.3, 0.4) is 0 Å². The highest BCUT2D eigenvalue weighted by molar-refractivity contribution is 7.11. The van der Waals surface area contributed by atoms with Crippen LogP contribution in [0.4, 0.5) is 0 Å². The molecule has 2 rings (SSSR count). The summed E-state index contributed by atoms with van der Waals surface area (Å²) in [5.41, 5.74) is 1.93. The molecule has 0 aliphatic heterocycles. The average molecular weight is 344 g/mol. The summed E-state index contributed by atoms with van der Waals surface area (Å²) in [5.74, 6) is 0.465. The number of aryl methyl sites for hydroxylation is 1. The second-order valence-corrected chi connectivity index (χ2v) is 5.56. The molecule has 0 aliphatic carbocycles. The third-order valence-electron chi connectivity index (χ3n) is 3.05. The molecule has 0 unspecified atom stereocenters. The summed E-state index contributed by atoms with van der Waals surface area (Å²) in [6, 6.07) is 7.07. The van der Waals surface area contributed by atoms with Crippen LogP contribution in [0.25, 0.3) is 11.6 Å². The van der Waals surface area contributed by atoms with E-state index in [9.17, 15) is 4.79 Å². The summed E-state index contributed by atoms with van der Waals surface area (Å²) in [6.07, 6.45) is 1.68. The van der Waals surface area contributed by atoms with Gasteiger partial charge in [0.15, 0.2) is 18.1 Å². The van der Waals surface area contributed by atoms with E-state index in [-0.39, 0.29) is 6.61 Å². The van der Waals surface area contributed by atoms with E-state index < -0.39 is 5.97 Å². The van der Waals surface area contributed by atoms with Gasteiger partial charge in [0.05, 0.1) is 19.8 Å². The van der Waals surface area contributed by atoms with Crippen LogP contribution in [-0.2, 0) is 9.53 Å². The van der Waals surface area contributed by atoms with Gasteiger partial charge in [0, 0.05) is 11.1 Å². The maximum absolute atomic E-state index is 12.1. The Morgan fingerprint density at radius 1 is 1.38 bits per heavy atom. The molecule has 0 aliphatic rings. The molecule has 0 bridgehead atoms. The van der Waals surface area contributed by atoms with E-state index in [0.29, 0.717) is 22.1 Å². The van der Waals surface area contributed by atoms with Gasteiger partial charge in [-0.05, 0) is 30.7 Å². The fourth-order valence-corrected chi connectivity index (χ4v) is 2.77. The molecular formula is C17H16N2O4S. The molecule has 124 valence electrons. The fourth-order valence-electron chi connectivity index (χ4n) is 1.97. The lowest BCUT2D eigenvalue weighted by atomic mass is 10.1. The number of thiazole rings is 1. The van der Waals surface area contributed by atoms with E-state index in [4.69, 9.17) is 19.5 Å². The Bertz CT molecular complexity index is 805. The van der Waals surface area contributed by atoms with E-state index >= 15 is 0 Å². The van der Waals surface area contributed by atoms with Gasteiger partial charge in [0.2, 0.25) is 0 Å². The van der Waals surface area contributed by atoms with Gasteiger partial charge < -0.3 is 14.2 Å². The predicted octanol–water partition coefficient (Wildman–Crippen LogP) is 3.08. The van der Waals surface area contributed by atoms with Crippen molar-refractivity contribution < 1.29 is 19.0 Å². The van der Waals surface area contributed by atoms with Gasteiger partial charge in [-0.15, -0.1) is 11.3 Å². The van der Waals surface area contributed by atoms with E-state index in [1.54, 1.807) is 24.3 Å². The largest absolute Gasteiger partial charge is 0.493 e. The number of aromatic nitrogens is 1. The molecular weight excluding hydrogens is 328 g/mol. The lowest BCUT2D eigenvalue weighted by molar-refractivity contribution is -0.133. The van der Waals surface area contributed by atoms with E-state index in [1.165, 1.54) is 25.6 Å². The first-order valence-corrected chi connectivity index (χ1v) is 7.87. The van der Waals surface area contributed by atoms with Crippen LogP contribution in [0.5, 0.6) is 11.5 Å². The van der Waals surface area contributed by atoms with Crippen molar-refractivity contribution in [2.75, 3.05) is 20.8 Å². The van der Waals surface area contributed by atoms with Gasteiger partial charge >= 0.3 is 5.97 Å². The Hall–Kier alpha value is -2.85. The van der Waals surface area contributed by atoms with Gasteiger partial charge in [0.25, 0.3) is 0 Å². The molecule has 1 aromatic carbocycles. The molecule has 2 aromatic rings. The molecule has 1 aromatic heterocycles. The van der Waals surface area contributed by atoms with Crippen molar-refractivity contribution in [3.8, 4) is 17.6 Å². The van der Waals surface area contributed by atoms with Crippen LogP contribution in [0.15, 0.2) is 23.6 Å². The first-order chi connectivity index (χ1) is 11.6. The number of nitrogens with zero attached hydrogens (tertiary/aromatic N) is 2. The minimum absolute atomic E-state index is 0.0721. The van der Waals surface area contributed by atoms with Crippen LogP contribution < -0.4 is 9.47 Å². The Balaban J connectivity index is 2.42. The fraction of sp³-hybridized carbons (Fsp3) is 0.235. The Labute approximate surface area is 143 Å². The second kappa shape index (κ2) is 8.13. The zero-order chi connectivity index (χ0) is 17.5. The normalized spacial score (nSPS) is 10.8. The van der Waals surface area contributed by atoms with Crippen LogP contribution >= 0.6 is 11.3 Å². The Morgan fingerprint density at radius 3 is 2.75 bits per heavy atom. The maximum atomic E-state index is 12.1. The summed E-state index contributed by atoms with van der Waals surface area (Å²) >= 11 is 1.37. The van der Waals surface area contributed by atoms with Crippen LogP contribution in [0.2, 0.25) is 0 Å². The molecule has 0 amide bonds. The Kier molecular flexibility index (Phi) is 5.93. The van der Waals surface area contributed by atoms with Gasteiger partial charge in [-0.1, -0.05) is 6.07 Å². The summed E-state index contributed by atoms with van der Waals surface area (Å²) in [6.45, 7) is 1.79. The van der Waals surface area contributed by atoms with Crippen molar-refractivity contribution in [2.24, 2.45) is 0 Å². The number of hydrogen-bond acceptors (Lipinski definition) is 7. The molecule has 1 heterocycles. The molecule has 6 nitrogen and oxygen atoms in total. The Morgan fingerprint density at radius 2 is 2.17 bits per heavy atom. The van der Waals surface area contributed by atoms with Crippen molar-refractivity contribution in [2.45, 2.75) is 6.92 Å². The summed E-state index contributed by atoms with van der Waals surface area (Å²) in [7, 11) is 2.84. The molecule has 0 spiro atoms. The second-order valence-electron chi connectivity index (χ2n) is 4.70. The quantitative estimate of drug-likeness (QED) is 0.592. The summed E-state index contributed by atoms with van der Waals surface area (Å²) < 4.78 is 15.4. The van der Waals surface area contributed by atoms with Crippen molar-refractivity contribution in [3.05, 3.63) is 39.8 Å². The molecule has 0 saturated heterocycles. The van der Waals surface area contributed by atoms with Gasteiger partial charge in [-0.3, -0.25) is 0 Å². The van der Waals surface area contributed by atoms with Crippen LogP contribution in [0.1, 0.15) is 16.3 Å². The number of rotatable bonds is 6. The highest BCUT2D eigenvalue weighted by atomic mass is 32.1. The van der Waals surface area contributed by atoms with Gasteiger partial charge in [-0.25, -0.2) is 9.78 Å². The van der Waals surface area contributed by atoms with E-state index in [1.807, 2.05) is 18.4 Å². The maximum Gasteiger partial charge on any atom is 0.340 e. The number of carbonyl (C=O) groups is 1. The monoisotopic (exact) mass is 344 g/mol. The van der Waals surface area contributed by atoms with E-state index in [2.05, 4.69) is 4.98 Å². The minimum atomic E-state index is -0.465. The number of benzene rings is 1. The topological polar surface area (TPSA) is 81.4 Å². The van der Waals surface area contributed by atoms with Crippen molar-refractivity contribution in [1.82, 2.24) is 4.98 Å². The lowest BCUT2D eigenvalue weighted by Crippen LogP contribution is -2.04. The first kappa shape index (κ1) is 17.5. The zero-order valence-corrected chi connectivity index (χ0v) is 14.3. The van der Waals surface area contributed by atoms with Crippen molar-refractivity contribution in [3.63, 3.8) is 0 Å². The van der Waals surface area contributed by atoms with E-state index in [0.717, 1.165) is 11.3 Å². The van der Waals surface area contributed by atoms with Gasteiger partial charge in [-0.2, -0.15) is 5.26 Å². The summed E-state index contributed by atoms with van der Waals surface area (Å²) in [5, 5.41) is 11.1. The predicted molar refractivity (Wildman–Crippen MR) is 90.8 cm³/mol. The summed E-state index contributed by atoms with van der Waals surface area (Å²) in [4.78, 5) is 16.4. The minimum Gasteiger partial charge on any atom is -0.493 e. The number of esters is 1. The third-order valence-corrected chi connectivity index (χ3v) is 4.04. The molecule has 0 radical (unpaired) electrons. The number of methoxy groups -OCH3 is 2. The number of ether oxygens (including phenoxy) is 3. The third kappa shape index (κ3) is 4.12. The molecule has 7 heteroatoms. The number of carbonyl (C=O) groups excluding carboxylic acids is 1. The van der Waals surface area contributed by atoms with Crippen molar-refractivity contribution >= 4 is 29.0 Å². The highest BCUT2D eigenvalue weighted by Crippen LogP contribution is 2.30. The molecule has 24 heavy (non-hydrogen) atoms. The standard InChI is InChI=1S/C17H16N2O4S/c1-11-10-24-16(19-11)13(17(20)22-3)8-12-4-5-14(23-7-6-18)15(9-12)21-2/h4-5,8-10H,7H2,1-3H3/b13-8-. The first-order valence-electron chi connectivity index (χ1n) is 6.99. The van der Waals surface area contributed by atoms with Crippen LogP contribution in [-0.4, -0.2) is 31.8 Å². The molecule has 0 N–H and O–H groups in total. The van der Waals surface area contributed by atoms with Crippen LogP contribution in [0, 0.1) is 18.3 Å². The molecule has 0 fully saturated rings. The zero-order valence-electron chi connectivity index (χ0n) is 13.5. The number of nitriles is 1. The lowest BCUT2D eigenvalue weighted by Gasteiger charge is -2.09. The number of hydrogen-bond donors (Lipinski definition) is 0. The van der Waals surface area contributed by atoms with Gasteiger partial charge in [0.1, 0.15) is 11.1 Å². The molecule has 0 atom stereocenters. The highest BCUT2D eigenvalue weighted by Gasteiger charge is 2.16. The molecule has 0 saturated carbocycles. The SMILES string of the molecule is COC(=O)/C(=C\c1ccc(OCC#N)c(OC)c1)c1nc(C)cs1.